The van der Waals surface area contributed by atoms with Crippen molar-refractivity contribution >= 4 is 11.9 Å². The Morgan fingerprint density at radius 1 is 0.378 bits per heavy atom. The van der Waals surface area contributed by atoms with E-state index in [4.69, 9.17) is 4.74 Å². The topological polar surface area (TPSA) is 95.9 Å². The Balaban J connectivity index is 3.33. The van der Waals surface area contributed by atoms with Gasteiger partial charge in [0.2, 0.25) is 5.91 Å². The second-order valence-electron chi connectivity index (χ2n) is 22.8. The van der Waals surface area contributed by atoms with Crippen LogP contribution in [-0.2, 0) is 14.3 Å². The number of ether oxygens (including phenoxy) is 1. The van der Waals surface area contributed by atoms with Crippen molar-refractivity contribution in [2.45, 2.75) is 373 Å². The largest absolute Gasteiger partial charge is 0.466 e. The molecule has 0 bridgehead atoms. The van der Waals surface area contributed by atoms with Gasteiger partial charge in [-0.1, -0.05) is 320 Å². The number of allylic oxidation sites excluding steroid dienone is 5. The van der Waals surface area contributed by atoms with E-state index in [1.165, 1.54) is 283 Å². The number of unbranched alkanes of at least 4 members (excludes halogenated alkanes) is 47. The van der Waals surface area contributed by atoms with Crippen molar-refractivity contribution in [2.75, 3.05) is 13.2 Å². The first kappa shape index (κ1) is 72.1. The molecule has 0 saturated heterocycles. The molecule has 2 unspecified atom stereocenters. The Kier molecular flexibility index (Phi) is 62.0. The van der Waals surface area contributed by atoms with E-state index in [1.54, 1.807) is 6.08 Å². The third kappa shape index (κ3) is 59.3. The molecule has 0 aliphatic carbocycles. The number of carbonyl (C=O) groups is 2. The van der Waals surface area contributed by atoms with Crippen LogP contribution in [0.1, 0.15) is 361 Å². The highest BCUT2D eigenvalue weighted by Gasteiger charge is 2.18. The Morgan fingerprint density at radius 3 is 1.04 bits per heavy atom. The monoisotopic (exact) mass is 1040 g/mol. The molecule has 0 aromatic carbocycles. The fourth-order valence-corrected chi connectivity index (χ4v) is 10.3. The number of amides is 1. The number of esters is 1. The third-order valence-electron chi connectivity index (χ3n) is 15.4. The molecule has 0 aliphatic rings. The molecular weight excluding hydrogens is 911 g/mol. The van der Waals surface area contributed by atoms with Gasteiger partial charge in [-0.15, -0.1) is 0 Å². The minimum absolute atomic E-state index is 0.00634. The van der Waals surface area contributed by atoms with Crippen LogP contribution >= 0.6 is 0 Å². The predicted molar refractivity (Wildman–Crippen MR) is 324 cm³/mol. The van der Waals surface area contributed by atoms with Crippen molar-refractivity contribution in [3.8, 4) is 0 Å². The lowest BCUT2D eigenvalue weighted by Crippen LogP contribution is -2.45. The van der Waals surface area contributed by atoms with Gasteiger partial charge in [0.25, 0.3) is 0 Å². The van der Waals surface area contributed by atoms with Gasteiger partial charge in [0.15, 0.2) is 0 Å². The summed E-state index contributed by atoms with van der Waals surface area (Å²) in [5.41, 5.74) is 0. The van der Waals surface area contributed by atoms with Gasteiger partial charge in [0.1, 0.15) is 0 Å². The maximum absolute atomic E-state index is 12.4. The zero-order valence-electron chi connectivity index (χ0n) is 49.8. The number of carbonyl (C=O) groups excluding carboxylic acids is 2. The fraction of sp³-hybridized carbons (Fsp3) is 0.882. The Labute approximate surface area is 462 Å². The van der Waals surface area contributed by atoms with E-state index in [-0.39, 0.29) is 18.5 Å². The molecule has 74 heavy (non-hydrogen) atoms. The summed E-state index contributed by atoms with van der Waals surface area (Å²) >= 11 is 0. The highest BCUT2D eigenvalue weighted by Crippen LogP contribution is 2.18. The van der Waals surface area contributed by atoms with Gasteiger partial charge in [-0.2, -0.15) is 0 Å². The summed E-state index contributed by atoms with van der Waals surface area (Å²) in [6.07, 6.45) is 80.8. The van der Waals surface area contributed by atoms with Crippen LogP contribution in [0.4, 0.5) is 0 Å². The van der Waals surface area contributed by atoms with Crippen LogP contribution in [0.15, 0.2) is 36.5 Å². The normalized spacial score (nSPS) is 12.8. The smallest absolute Gasteiger partial charge is 0.305 e. The number of hydrogen-bond donors (Lipinski definition) is 3. The highest BCUT2D eigenvalue weighted by molar-refractivity contribution is 5.76. The van der Waals surface area contributed by atoms with E-state index in [0.717, 1.165) is 51.4 Å². The Morgan fingerprint density at radius 2 is 0.676 bits per heavy atom. The molecule has 1 amide bonds. The second kappa shape index (κ2) is 63.6. The van der Waals surface area contributed by atoms with Crippen LogP contribution in [-0.4, -0.2) is 47.4 Å². The SMILES string of the molecule is CCCCCC/C=C\C/C=C\CCCCCCCC(=O)OCCCCCCCCCCCCCCCCCCCCCCCCCCCCCCCCC(=O)NC(CO)C(O)/C=C/CCCCCCCCCCC. The van der Waals surface area contributed by atoms with Gasteiger partial charge in [0.05, 0.1) is 25.4 Å². The zero-order valence-corrected chi connectivity index (χ0v) is 49.8. The molecule has 0 fully saturated rings. The average molecular weight is 1040 g/mol. The summed E-state index contributed by atoms with van der Waals surface area (Å²) < 4.78 is 5.49. The van der Waals surface area contributed by atoms with Crippen LogP contribution in [0.25, 0.3) is 0 Å². The molecule has 3 N–H and O–H groups in total. The van der Waals surface area contributed by atoms with Gasteiger partial charge in [-0.05, 0) is 64.2 Å². The van der Waals surface area contributed by atoms with E-state index < -0.39 is 12.1 Å². The van der Waals surface area contributed by atoms with Gasteiger partial charge in [-0.3, -0.25) is 9.59 Å². The van der Waals surface area contributed by atoms with Crippen LogP contribution in [0, 0.1) is 0 Å². The van der Waals surface area contributed by atoms with E-state index in [2.05, 4.69) is 43.5 Å². The molecule has 2 atom stereocenters. The van der Waals surface area contributed by atoms with Crippen LogP contribution in [0.5, 0.6) is 0 Å². The summed E-state index contributed by atoms with van der Waals surface area (Å²) in [6.45, 7) is 4.89. The highest BCUT2D eigenvalue weighted by atomic mass is 16.5. The number of aliphatic hydroxyl groups is 2. The maximum atomic E-state index is 12.4. The molecule has 0 aliphatic heterocycles. The number of rotatable bonds is 62. The molecule has 0 saturated carbocycles. The van der Waals surface area contributed by atoms with E-state index in [0.29, 0.717) is 19.4 Å². The van der Waals surface area contributed by atoms with Crippen LogP contribution in [0.2, 0.25) is 0 Å². The molecule has 0 aromatic heterocycles. The Bertz CT molecular complexity index is 1200. The first-order valence-electron chi connectivity index (χ1n) is 33.3. The van der Waals surface area contributed by atoms with Gasteiger partial charge >= 0.3 is 5.97 Å². The predicted octanol–water partition coefficient (Wildman–Crippen LogP) is 21.1. The van der Waals surface area contributed by atoms with Gasteiger partial charge in [-0.25, -0.2) is 0 Å². The lowest BCUT2D eigenvalue weighted by atomic mass is 10.0. The van der Waals surface area contributed by atoms with Crippen molar-refractivity contribution in [3.05, 3.63) is 36.5 Å². The van der Waals surface area contributed by atoms with Gasteiger partial charge in [0, 0.05) is 12.8 Å². The molecule has 0 aromatic rings. The van der Waals surface area contributed by atoms with Gasteiger partial charge < -0.3 is 20.3 Å². The van der Waals surface area contributed by atoms with Crippen molar-refractivity contribution in [3.63, 3.8) is 0 Å². The quantitative estimate of drug-likeness (QED) is 0.0320. The minimum Gasteiger partial charge on any atom is -0.466 e. The summed E-state index contributed by atoms with van der Waals surface area (Å²) in [5.74, 6) is -0.0581. The average Bonchev–Trinajstić information content (AvgIpc) is 3.40. The van der Waals surface area contributed by atoms with E-state index >= 15 is 0 Å². The molecule has 0 spiro atoms. The molecular formula is C68H129NO5. The van der Waals surface area contributed by atoms with Crippen LogP contribution < -0.4 is 5.32 Å². The summed E-state index contributed by atoms with van der Waals surface area (Å²) in [7, 11) is 0. The lowest BCUT2D eigenvalue weighted by molar-refractivity contribution is -0.143. The molecule has 6 nitrogen and oxygen atoms in total. The van der Waals surface area contributed by atoms with Crippen molar-refractivity contribution in [2.24, 2.45) is 0 Å². The number of nitrogens with one attached hydrogen (secondary N) is 1. The number of aliphatic hydroxyl groups excluding tert-OH is 2. The second-order valence-corrected chi connectivity index (χ2v) is 22.8. The minimum atomic E-state index is -0.840. The number of hydrogen-bond acceptors (Lipinski definition) is 5. The van der Waals surface area contributed by atoms with E-state index in [9.17, 15) is 19.8 Å². The molecule has 0 heterocycles. The lowest BCUT2D eigenvalue weighted by Gasteiger charge is -2.20. The molecule has 6 heteroatoms. The van der Waals surface area contributed by atoms with Crippen molar-refractivity contribution < 1.29 is 24.5 Å². The van der Waals surface area contributed by atoms with Crippen molar-refractivity contribution in [1.29, 1.82) is 0 Å². The standard InChI is InChI=1S/C68H129NO5/c1-3-5-7-9-11-13-15-16-17-35-38-42-46-50-54-58-62-68(73)74-63-59-55-51-47-43-39-36-33-31-29-27-25-23-21-19-18-20-22-24-26-28-30-32-34-37-41-45-49-53-57-61-67(72)69-65(64-70)66(71)60-56-52-48-44-40-14-12-10-8-6-4-2/h13,15,17,35,56,60,65-66,70-71H,3-12,14,16,18-34,36-55,57-59,61-64H2,1-2H3,(H,69,72)/b15-13-,35-17-,60-56+. The summed E-state index contributed by atoms with van der Waals surface area (Å²) in [4.78, 5) is 24.5. The maximum Gasteiger partial charge on any atom is 0.305 e. The fourth-order valence-electron chi connectivity index (χ4n) is 10.3. The molecule has 0 rings (SSSR count). The Hall–Kier alpha value is -1.92. The van der Waals surface area contributed by atoms with Crippen LogP contribution in [0.3, 0.4) is 0 Å². The third-order valence-corrected chi connectivity index (χ3v) is 15.4. The first-order chi connectivity index (χ1) is 36.5. The first-order valence-corrected chi connectivity index (χ1v) is 33.3. The van der Waals surface area contributed by atoms with E-state index in [1.807, 2.05) is 6.08 Å². The summed E-state index contributed by atoms with van der Waals surface area (Å²) in [6, 6.07) is -0.623. The van der Waals surface area contributed by atoms with Crippen molar-refractivity contribution in [1.82, 2.24) is 5.32 Å². The molecule has 436 valence electrons. The zero-order chi connectivity index (χ0) is 53.6. The summed E-state index contributed by atoms with van der Waals surface area (Å²) in [5, 5.41) is 23.0. The molecule has 0 radical (unpaired) electrons.